The largest absolute Gasteiger partial charge is 0.492 e. The number of benzene rings is 1. The first kappa shape index (κ1) is 14.6. The monoisotopic (exact) mass is 297 g/mol. The lowest BCUT2D eigenvalue weighted by Crippen LogP contribution is -2.29. The molecule has 7 heteroatoms. The van der Waals surface area contributed by atoms with Gasteiger partial charge in [0.15, 0.2) is 0 Å². The van der Waals surface area contributed by atoms with Gasteiger partial charge in [0, 0.05) is 19.2 Å². The molecule has 0 aliphatic heterocycles. The molecule has 0 unspecified atom stereocenters. The van der Waals surface area contributed by atoms with Crippen LogP contribution in [-0.2, 0) is 13.0 Å². The van der Waals surface area contributed by atoms with Gasteiger partial charge in [-0.3, -0.25) is 0 Å². The first-order valence-electron chi connectivity index (χ1n) is 7.08. The molecule has 0 fully saturated rings. The van der Waals surface area contributed by atoms with E-state index in [0.29, 0.717) is 23.0 Å². The van der Waals surface area contributed by atoms with Gasteiger partial charge in [-0.2, -0.15) is 0 Å². The molecule has 6 nitrogen and oxygen atoms in total. The first-order valence-corrected chi connectivity index (χ1v) is 7.08. The minimum absolute atomic E-state index is 0.0351. The topological polar surface area (TPSA) is 91.4 Å². The zero-order valence-corrected chi connectivity index (χ0v) is 12.1. The van der Waals surface area contributed by atoms with Gasteiger partial charge in [0.1, 0.15) is 11.3 Å². The van der Waals surface area contributed by atoms with Crippen molar-refractivity contribution in [3.63, 3.8) is 0 Å². The molecule has 0 aliphatic rings. The number of aromatic hydroxyl groups is 1. The second-order valence-electron chi connectivity index (χ2n) is 5.09. The molecule has 22 heavy (non-hydrogen) atoms. The molecule has 3 N–H and O–H groups in total. The van der Waals surface area contributed by atoms with Crippen LogP contribution in [0.1, 0.15) is 18.3 Å². The number of aryl methyl sites for hydroxylation is 1. The summed E-state index contributed by atoms with van der Waals surface area (Å²) in [6.45, 7) is 2.54. The van der Waals surface area contributed by atoms with Crippen LogP contribution >= 0.6 is 0 Å². The van der Waals surface area contributed by atoms with E-state index in [1.807, 2.05) is 23.6 Å². The van der Waals surface area contributed by atoms with Crippen molar-refractivity contribution in [1.82, 2.24) is 14.5 Å². The molecule has 2 heterocycles. The van der Waals surface area contributed by atoms with Crippen LogP contribution in [0.15, 0.2) is 36.5 Å². The molecule has 2 aromatic heterocycles. The fraction of sp³-hybridized carbons (Fsp3) is 0.200. The van der Waals surface area contributed by atoms with E-state index < -0.39 is 7.12 Å². The van der Waals surface area contributed by atoms with Gasteiger partial charge in [0.25, 0.3) is 0 Å². The van der Waals surface area contributed by atoms with Crippen molar-refractivity contribution in [3.05, 3.63) is 47.9 Å². The Bertz CT molecular complexity index is 800. The maximum absolute atomic E-state index is 10.0. The van der Waals surface area contributed by atoms with Crippen molar-refractivity contribution in [2.75, 3.05) is 0 Å². The molecule has 112 valence electrons. The molecular formula is C15H16BN3O3. The average Bonchev–Trinajstić information content (AvgIpc) is 2.87. The molecular weight excluding hydrogens is 281 g/mol. The van der Waals surface area contributed by atoms with Gasteiger partial charge < -0.3 is 19.7 Å². The molecule has 0 amide bonds. The van der Waals surface area contributed by atoms with Crippen molar-refractivity contribution >= 4 is 23.6 Å². The van der Waals surface area contributed by atoms with E-state index in [9.17, 15) is 5.11 Å². The number of hydrogen-bond donors (Lipinski definition) is 3. The Balaban J connectivity index is 2.02. The van der Waals surface area contributed by atoms with Crippen LogP contribution in [0, 0.1) is 0 Å². The maximum atomic E-state index is 10.0. The van der Waals surface area contributed by atoms with Crippen molar-refractivity contribution < 1.29 is 15.2 Å². The van der Waals surface area contributed by atoms with Crippen molar-refractivity contribution in [1.29, 1.82) is 0 Å². The van der Waals surface area contributed by atoms with E-state index in [-0.39, 0.29) is 5.88 Å². The summed E-state index contributed by atoms with van der Waals surface area (Å²) in [6.07, 6.45) is 2.27. The lowest BCUT2D eigenvalue weighted by atomic mass is 9.80. The fourth-order valence-corrected chi connectivity index (χ4v) is 2.53. The molecule has 1 aromatic carbocycles. The van der Waals surface area contributed by atoms with Crippen LogP contribution in [0.5, 0.6) is 5.88 Å². The van der Waals surface area contributed by atoms with Gasteiger partial charge in [-0.1, -0.05) is 31.2 Å². The van der Waals surface area contributed by atoms with E-state index in [2.05, 4.69) is 9.97 Å². The van der Waals surface area contributed by atoms with E-state index in [1.54, 1.807) is 18.2 Å². The van der Waals surface area contributed by atoms with Crippen molar-refractivity contribution in [3.8, 4) is 5.88 Å². The minimum Gasteiger partial charge on any atom is -0.492 e. The molecule has 0 saturated carbocycles. The predicted molar refractivity (Wildman–Crippen MR) is 83.9 cm³/mol. The van der Waals surface area contributed by atoms with Crippen LogP contribution in [-0.4, -0.2) is 36.8 Å². The van der Waals surface area contributed by atoms with Gasteiger partial charge >= 0.3 is 7.12 Å². The number of imidazole rings is 1. The summed E-state index contributed by atoms with van der Waals surface area (Å²) in [5, 5.41) is 28.3. The average molecular weight is 297 g/mol. The van der Waals surface area contributed by atoms with Crippen LogP contribution in [0.25, 0.3) is 11.0 Å². The molecule has 0 aliphatic carbocycles. The summed E-state index contributed by atoms with van der Waals surface area (Å²) >= 11 is 0. The van der Waals surface area contributed by atoms with E-state index in [4.69, 9.17) is 10.0 Å². The lowest BCUT2D eigenvalue weighted by molar-refractivity contribution is 0.426. The van der Waals surface area contributed by atoms with Gasteiger partial charge in [0.05, 0.1) is 5.52 Å². The third-order valence-electron chi connectivity index (χ3n) is 3.65. The Morgan fingerprint density at radius 3 is 2.50 bits per heavy atom. The Labute approximate surface area is 127 Å². The van der Waals surface area contributed by atoms with Crippen LogP contribution < -0.4 is 5.46 Å². The molecule has 3 rings (SSSR count). The Kier molecular flexibility index (Phi) is 3.83. The highest BCUT2D eigenvalue weighted by molar-refractivity contribution is 6.58. The fourth-order valence-electron chi connectivity index (χ4n) is 2.53. The Hall–Kier alpha value is -2.38. The smallest absolute Gasteiger partial charge is 0.488 e. The molecule has 0 atom stereocenters. The summed E-state index contributed by atoms with van der Waals surface area (Å²) in [5.74, 6) is 0.830. The third kappa shape index (κ3) is 2.56. The normalized spacial score (nSPS) is 11.0. The Morgan fingerprint density at radius 2 is 1.86 bits per heavy atom. The van der Waals surface area contributed by atoms with Gasteiger partial charge in [-0.15, -0.1) is 0 Å². The van der Waals surface area contributed by atoms with Crippen LogP contribution in [0.2, 0.25) is 0 Å². The summed E-state index contributed by atoms with van der Waals surface area (Å²) in [7, 11) is -1.47. The maximum Gasteiger partial charge on any atom is 0.488 e. The predicted octanol–water partition coefficient (Wildman–Crippen LogP) is 0.427. The standard InChI is InChI=1S/C15H16BN3O3/c1-2-13-18-12-7-8-17-15(20)14(12)19(13)9-10-3-5-11(6-4-10)16(21)22/h3-8,21-22H,2,9H2,1H3,(H,17,20). The van der Waals surface area contributed by atoms with Crippen molar-refractivity contribution in [2.45, 2.75) is 19.9 Å². The van der Waals surface area contributed by atoms with Gasteiger partial charge in [0.2, 0.25) is 5.88 Å². The van der Waals surface area contributed by atoms with E-state index in [1.165, 1.54) is 6.20 Å². The first-order chi connectivity index (χ1) is 10.6. The summed E-state index contributed by atoms with van der Waals surface area (Å²) in [5.41, 5.74) is 2.75. The highest BCUT2D eigenvalue weighted by Gasteiger charge is 2.15. The SMILES string of the molecule is CCc1nc2ccnc(O)c2n1Cc1ccc(B(O)O)cc1. The van der Waals surface area contributed by atoms with E-state index in [0.717, 1.165) is 17.8 Å². The second kappa shape index (κ2) is 5.78. The minimum atomic E-state index is -1.47. The number of rotatable bonds is 4. The molecule has 3 aromatic rings. The van der Waals surface area contributed by atoms with E-state index >= 15 is 0 Å². The lowest BCUT2D eigenvalue weighted by Gasteiger charge is -2.09. The zero-order chi connectivity index (χ0) is 15.7. The molecule has 0 saturated heterocycles. The van der Waals surface area contributed by atoms with Crippen LogP contribution in [0.4, 0.5) is 0 Å². The summed E-state index contributed by atoms with van der Waals surface area (Å²) < 4.78 is 1.93. The number of fused-ring (bicyclic) bond motifs is 1. The zero-order valence-electron chi connectivity index (χ0n) is 12.1. The summed E-state index contributed by atoms with van der Waals surface area (Å²) in [4.78, 5) is 8.44. The molecule has 0 radical (unpaired) electrons. The molecule has 0 spiro atoms. The quantitative estimate of drug-likeness (QED) is 0.607. The number of pyridine rings is 1. The number of aromatic nitrogens is 3. The highest BCUT2D eigenvalue weighted by Crippen LogP contribution is 2.24. The number of nitrogens with zero attached hydrogens (tertiary/aromatic N) is 3. The van der Waals surface area contributed by atoms with Crippen molar-refractivity contribution in [2.24, 2.45) is 0 Å². The van der Waals surface area contributed by atoms with Gasteiger partial charge in [-0.25, -0.2) is 9.97 Å². The van der Waals surface area contributed by atoms with Crippen LogP contribution in [0.3, 0.4) is 0 Å². The second-order valence-corrected chi connectivity index (χ2v) is 5.09. The summed E-state index contributed by atoms with van der Waals surface area (Å²) in [6, 6.07) is 8.77. The third-order valence-corrected chi connectivity index (χ3v) is 3.65. The Morgan fingerprint density at radius 1 is 1.14 bits per heavy atom. The molecule has 0 bridgehead atoms. The van der Waals surface area contributed by atoms with Gasteiger partial charge in [-0.05, 0) is 17.1 Å². The highest BCUT2D eigenvalue weighted by atomic mass is 16.4. The number of hydrogen-bond acceptors (Lipinski definition) is 5.